The molecule has 2 aliphatic rings. The molecule has 4 N–H and O–H groups in total. The summed E-state index contributed by atoms with van der Waals surface area (Å²) in [5.41, 5.74) is 12.2. The summed E-state index contributed by atoms with van der Waals surface area (Å²) in [5, 5.41) is 0. The van der Waals surface area contributed by atoms with Crippen LogP contribution in [-0.4, -0.2) is 12.1 Å². The molecule has 0 saturated heterocycles. The molecule has 0 aromatic rings. The monoisotopic (exact) mass is 238 g/mol. The van der Waals surface area contributed by atoms with Crippen LogP contribution in [0.5, 0.6) is 0 Å². The van der Waals surface area contributed by atoms with E-state index in [1.54, 1.807) is 0 Å². The van der Waals surface area contributed by atoms with Crippen molar-refractivity contribution in [2.75, 3.05) is 0 Å². The molecule has 17 heavy (non-hydrogen) atoms. The van der Waals surface area contributed by atoms with Gasteiger partial charge >= 0.3 is 0 Å². The van der Waals surface area contributed by atoms with Crippen molar-refractivity contribution in [1.29, 1.82) is 0 Å². The van der Waals surface area contributed by atoms with Gasteiger partial charge in [-0.25, -0.2) is 0 Å². The SMILES string of the molecule is CC1C[C@H](C[C@H]2CC[C@@H](N)C(C)C2)CC[C@H]1N. The fraction of sp³-hybridized carbons (Fsp3) is 1.00. The molecule has 2 aliphatic carbocycles. The van der Waals surface area contributed by atoms with E-state index in [0.29, 0.717) is 12.1 Å². The summed E-state index contributed by atoms with van der Waals surface area (Å²) in [6, 6.07) is 0.926. The lowest BCUT2D eigenvalue weighted by atomic mass is 9.71. The lowest BCUT2D eigenvalue weighted by Gasteiger charge is -2.37. The molecule has 100 valence electrons. The van der Waals surface area contributed by atoms with E-state index < -0.39 is 0 Å². The Morgan fingerprint density at radius 2 is 1.18 bits per heavy atom. The first kappa shape index (κ1) is 13.4. The van der Waals surface area contributed by atoms with E-state index in [0.717, 1.165) is 23.7 Å². The molecule has 0 aromatic heterocycles. The van der Waals surface area contributed by atoms with Crippen molar-refractivity contribution < 1.29 is 0 Å². The van der Waals surface area contributed by atoms with E-state index in [2.05, 4.69) is 13.8 Å². The van der Waals surface area contributed by atoms with Gasteiger partial charge in [0.1, 0.15) is 0 Å². The van der Waals surface area contributed by atoms with Crippen molar-refractivity contribution in [3.63, 3.8) is 0 Å². The average Bonchev–Trinajstić information content (AvgIpc) is 2.29. The van der Waals surface area contributed by atoms with Crippen molar-refractivity contribution in [3.05, 3.63) is 0 Å². The summed E-state index contributed by atoms with van der Waals surface area (Å²) in [7, 11) is 0. The second kappa shape index (κ2) is 5.71. The van der Waals surface area contributed by atoms with Crippen molar-refractivity contribution in [3.8, 4) is 0 Å². The Labute approximate surface area is 107 Å². The van der Waals surface area contributed by atoms with Crippen molar-refractivity contribution >= 4 is 0 Å². The van der Waals surface area contributed by atoms with E-state index in [9.17, 15) is 0 Å². The maximum atomic E-state index is 6.10. The zero-order chi connectivity index (χ0) is 12.4. The van der Waals surface area contributed by atoms with Gasteiger partial charge < -0.3 is 11.5 Å². The first-order valence-electron chi connectivity index (χ1n) is 7.57. The van der Waals surface area contributed by atoms with Gasteiger partial charge in [-0.2, -0.15) is 0 Å². The van der Waals surface area contributed by atoms with Gasteiger partial charge in [-0.1, -0.05) is 13.8 Å². The standard InChI is InChI=1S/C15H30N2/c1-10-7-12(3-5-14(10)16)9-13-4-6-15(17)11(2)8-13/h10-15H,3-9,16-17H2,1-2H3/t10?,11?,12-,13+,14-,15-/m1/s1. The highest BCUT2D eigenvalue weighted by atomic mass is 14.7. The Morgan fingerprint density at radius 3 is 1.53 bits per heavy atom. The summed E-state index contributed by atoms with van der Waals surface area (Å²) in [6.45, 7) is 4.66. The second-order valence-corrected chi connectivity index (χ2v) is 6.88. The Bertz CT molecular complexity index is 217. The molecule has 2 saturated carbocycles. The van der Waals surface area contributed by atoms with E-state index in [-0.39, 0.29) is 0 Å². The van der Waals surface area contributed by atoms with Crippen LogP contribution < -0.4 is 11.5 Å². The smallest absolute Gasteiger partial charge is 0.00647 e. The molecular formula is C15H30N2. The molecule has 0 spiro atoms. The predicted molar refractivity (Wildman–Crippen MR) is 73.6 cm³/mol. The molecule has 0 bridgehead atoms. The first-order chi connectivity index (χ1) is 8.06. The van der Waals surface area contributed by atoms with Crippen molar-refractivity contribution in [2.45, 2.75) is 70.9 Å². The molecule has 0 amide bonds. The highest BCUT2D eigenvalue weighted by molar-refractivity contribution is 4.85. The molecule has 2 fully saturated rings. The maximum Gasteiger partial charge on any atom is 0.00647 e. The Morgan fingerprint density at radius 1 is 0.765 bits per heavy atom. The average molecular weight is 238 g/mol. The zero-order valence-electron chi connectivity index (χ0n) is 11.6. The molecule has 2 unspecified atom stereocenters. The quantitative estimate of drug-likeness (QED) is 0.777. The van der Waals surface area contributed by atoms with Gasteiger partial charge in [0.2, 0.25) is 0 Å². The van der Waals surface area contributed by atoms with Crippen LogP contribution in [-0.2, 0) is 0 Å². The number of hydrogen-bond donors (Lipinski definition) is 2. The normalized spacial score (nSPS) is 48.0. The van der Waals surface area contributed by atoms with E-state index in [1.807, 2.05) is 0 Å². The van der Waals surface area contributed by atoms with Crippen LogP contribution in [0.1, 0.15) is 58.8 Å². The van der Waals surface area contributed by atoms with Crippen molar-refractivity contribution in [1.82, 2.24) is 0 Å². The first-order valence-corrected chi connectivity index (χ1v) is 7.57. The van der Waals surface area contributed by atoms with Crippen LogP contribution >= 0.6 is 0 Å². The third kappa shape index (κ3) is 3.45. The van der Waals surface area contributed by atoms with Crippen LogP contribution in [0, 0.1) is 23.7 Å². The van der Waals surface area contributed by atoms with Gasteiger partial charge in [-0.15, -0.1) is 0 Å². The molecule has 0 radical (unpaired) electrons. The van der Waals surface area contributed by atoms with Crippen molar-refractivity contribution in [2.24, 2.45) is 35.1 Å². The van der Waals surface area contributed by atoms with Gasteiger partial charge in [0, 0.05) is 12.1 Å². The third-order valence-corrected chi connectivity index (χ3v) is 5.36. The summed E-state index contributed by atoms with van der Waals surface area (Å²) in [4.78, 5) is 0. The lowest BCUT2D eigenvalue weighted by Crippen LogP contribution is -2.37. The molecule has 2 rings (SSSR count). The van der Waals surface area contributed by atoms with Crippen LogP contribution in [0.25, 0.3) is 0 Å². The summed E-state index contributed by atoms with van der Waals surface area (Å²) >= 11 is 0. The molecule has 2 heteroatoms. The molecule has 0 heterocycles. The summed E-state index contributed by atoms with van der Waals surface area (Å²) in [6.07, 6.45) is 9.37. The largest absolute Gasteiger partial charge is 0.327 e. The topological polar surface area (TPSA) is 52.0 Å². The molecule has 2 nitrogen and oxygen atoms in total. The minimum atomic E-state index is 0.463. The van der Waals surface area contributed by atoms with E-state index >= 15 is 0 Å². The maximum absolute atomic E-state index is 6.10. The Hall–Kier alpha value is -0.0800. The van der Waals surface area contributed by atoms with Crippen LogP contribution in [0.15, 0.2) is 0 Å². The second-order valence-electron chi connectivity index (χ2n) is 6.88. The van der Waals surface area contributed by atoms with Gasteiger partial charge in [0.25, 0.3) is 0 Å². The van der Waals surface area contributed by atoms with E-state index in [1.165, 1.54) is 44.9 Å². The van der Waals surface area contributed by atoms with Gasteiger partial charge in [-0.05, 0) is 68.6 Å². The lowest BCUT2D eigenvalue weighted by molar-refractivity contribution is 0.169. The summed E-state index contributed by atoms with van der Waals surface area (Å²) in [5.74, 6) is 3.35. The Balaban J connectivity index is 1.78. The molecular weight excluding hydrogens is 208 g/mol. The number of rotatable bonds is 2. The summed E-state index contributed by atoms with van der Waals surface area (Å²) < 4.78 is 0. The van der Waals surface area contributed by atoms with Gasteiger partial charge in [0.05, 0.1) is 0 Å². The third-order valence-electron chi connectivity index (χ3n) is 5.36. The minimum absolute atomic E-state index is 0.463. The van der Waals surface area contributed by atoms with Gasteiger partial charge in [-0.3, -0.25) is 0 Å². The van der Waals surface area contributed by atoms with Crippen LogP contribution in [0.2, 0.25) is 0 Å². The molecule has 0 aliphatic heterocycles. The minimum Gasteiger partial charge on any atom is -0.327 e. The predicted octanol–water partition coefficient (Wildman–Crippen LogP) is 2.90. The van der Waals surface area contributed by atoms with E-state index in [4.69, 9.17) is 11.5 Å². The Kier molecular flexibility index (Phi) is 4.48. The number of hydrogen-bond acceptors (Lipinski definition) is 2. The number of nitrogens with two attached hydrogens (primary N) is 2. The van der Waals surface area contributed by atoms with Gasteiger partial charge in [0.15, 0.2) is 0 Å². The van der Waals surface area contributed by atoms with Crippen LogP contribution in [0.3, 0.4) is 0 Å². The fourth-order valence-corrected chi connectivity index (χ4v) is 3.96. The highest BCUT2D eigenvalue weighted by Crippen LogP contribution is 2.38. The fourth-order valence-electron chi connectivity index (χ4n) is 3.96. The van der Waals surface area contributed by atoms with Crippen LogP contribution in [0.4, 0.5) is 0 Å². The highest BCUT2D eigenvalue weighted by Gasteiger charge is 2.30. The molecule has 6 atom stereocenters. The molecule has 0 aromatic carbocycles. The zero-order valence-corrected chi connectivity index (χ0v) is 11.6.